The SMILES string of the molecule is COC(=O)C(=C/c1ccc2c(c1)OCO2)/C(=C\c1cc(OC)c(OC)c(OC)c1)C(=O)O. The van der Waals surface area contributed by atoms with Crippen molar-refractivity contribution < 1.29 is 43.1 Å². The fraction of sp³-hybridized carbons (Fsp3) is 0.217. The first-order valence-electron chi connectivity index (χ1n) is 9.36. The van der Waals surface area contributed by atoms with Crippen LogP contribution in [-0.4, -0.2) is 52.3 Å². The molecule has 9 nitrogen and oxygen atoms in total. The van der Waals surface area contributed by atoms with E-state index in [4.69, 9.17) is 28.4 Å². The van der Waals surface area contributed by atoms with E-state index in [-0.39, 0.29) is 17.9 Å². The number of ether oxygens (including phenoxy) is 6. The van der Waals surface area contributed by atoms with Crippen molar-refractivity contribution in [1.29, 1.82) is 0 Å². The maximum atomic E-state index is 12.5. The Hall–Kier alpha value is -4.14. The summed E-state index contributed by atoms with van der Waals surface area (Å²) in [4.78, 5) is 24.6. The van der Waals surface area contributed by atoms with Crippen LogP contribution in [0.2, 0.25) is 0 Å². The average Bonchev–Trinajstić information content (AvgIpc) is 3.27. The van der Waals surface area contributed by atoms with E-state index in [0.717, 1.165) is 0 Å². The summed E-state index contributed by atoms with van der Waals surface area (Å²) in [5.41, 5.74) is 0.500. The lowest BCUT2D eigenvalue weighted by molar-refractivity contribution is -0.138. The molecule has 0 aromatic heterocycles. The minimum absolute atomic E-state index is 0.0910. The number of carbonyl (C=O) groups excluding carboxylic acids is 1. The van der Waals surface area contributed by atoms with Crippen LogP contribution in [-0.2, 0) is 14.3 Å². The second-order valence-corrected chi connectivity index (χ2v) is 6.48. The number of carbonyl (C=O) groups is 2. The smallest absolute Gasteiger partial charge is 0.338 e. The Morgan fingerprint density at radius 1 is 0.844 bits per heavy atom. The predicted molar refractivity (Wildman–Crippen MR) is 114 cm³/mol. The van der Waals surface area contributed by atoms with Gasteiger partial charge < -0.3 is 33.5 Å². The van der Waals surface area contributed by atoms with E-state index in [9.17, 15) is 14.7 Å². The van der Waals surface area contributed by atoms with Gasteiger partial charge in [-0.05, 0) is 47.5 Å². The lowest BCUT2D eigenvalue weighted by Crippen LogP contribution is -2.13. The molecule has 0 fully saturated rings. The summed E-state index contributed by atoms with van der Waals surface area (Å²) < 4.78 is 31.4. The Kier molecular flexibility index (Phi) is 6.89. The zero-order valence-corrected chi connectivity index (χ0v) is 18.0. The average molecular weight is 442 g/mol. The molecule has 0 unspecified atom stereocenters. The molecule has 9 heteroatoms. The van der Waals surface area contributed by atoms with Gasteiger partial charge in [0.25, 0.3) is 0 Å². The highest BCUT2D eigenvalue weighted by Crippen LogP contribution is 2.39. The summed E-state index contributed by atoms with van der Waals surface area (Å²) in [6.45, 7) is 0.0910. The van der Waals surface area contributed by atoms with Gasteiger partial charge in [0.1, 0.15) is 0 Å². The maximum absolute atomic E-state index is 12.5. The number of hydrogen-bond acceptors (Lipinski definition) is 8. The number of carboxylic acids is 1. The Labute approximate surface area is 184 Å². The van der Waals surface area contributed by atoms with Crippen LogP contribution < -0.4 is 23.7 Å². The van der Waals surface area contributed by atoms with Crippen LogP contribution in [0.1, 0.15) is 11.1 Å². The molecule has 0 spiro atoms. The van der Waals surface area contributed by atoms with Crippen molar-refractivity contribution in [1.82, 2.24) is 0 Å². The van der Waals surface area contributed by atoms with Crippen LogP contribution in [0, 0.1) is 0 Å². The van der Waals surface area contributed by atoms with Crippen LogP contribution in [0.25, 0.3) is 12.2 Å². The normalized spacial score (nSPS) is 12.9. The molecule has 0 saturated heterocycles. The van der Waals surface area contributed by atoms with Crippen LogP contribution in [0.15, 0.2) is 41.5 Å². The standard InChI is InChI=1S/C23H22O9/c1-27-19-10-14(11-20(28-2)21(19)29-3)8-15(22(24)25)16(23(26)30-4)7-13-5-6-17-18(9-13)32-12-31-17/h5-11H,12H2,1-4H3,(H,24,25)/b15-8+,16-7+. The van der Waals surface area contributed by atoms with Crippen molar-refractivity contribution in [2.45, 2.75) is 0 Å². The van der Waals surface area contributed by atoms with Crippen molar-refractivity contribution in [3.05, 3.63) is 52.6 Å². The molecule has 1 heterocycles. The molecule has 168 valence electrons. The summed E-state index contributed by atoms with van der Waals surface area (Å²) in [5.74, 6) is -0.0564. The summed E-state index contributed by atoms with van der Waals surface area (Å²) in [7, 11) is 5.53. The molecular formula is C23H22O9. The van der Waals surface area contributed by atoms with E-state index in [1.165, 1.54) is 40.6 Å². The number of hydrogen-bond donors (Lipinski definition) is 1. The summed E-state index contributed by atoms with van der Waals surface area (Å²) >= 11 is 0. The Bertz CT molecular complexity index is 1070. The highest BCUT2D eigenvalue weighted by Gasteiger charge is 2.23. The van der Waals surface area contributed by atoms with E-state index in [1.807, 2.05) is 0 Å². The van der Waals surface area contributed by atoms with Gasteiger partial charge in [0.05, 0.1) is 39.6 Å². The number of carboxylic acid groups (broad SMARTS) is 1. The van der Waals surface area contributed by atoms with Gasteiger partial charge >= 0.3 is 11.9 Å². The first-order chi connectivity index (χ1) is 15.4. The van der Waals surface area contributed by atoms with E-state index in [1.54, 1.807) is 30.3 Å². The molecule has 0 atom stereocenters. The minimum Gasteiger partial charge on any atom is -0.493 e. The van der Waals surface area contributed by atoms with Crippen molar-refractivity contribution >= 4 is 24.1 Å². The van der Waals surface area contributed by atoms with Gasteiger partial charge in [-0.15, -0.1) is 0 Å². The summed E-state index contributed by atoms with van der Waals surface area (Å²) in [6.07, 6.45) is 2.73. The fourth-order valence-corrected chi connectivity index (χ4v) is 3.13. The zero-order valence-electron chi connectivity index (χ0n) is 18.0. The van der Waals surface area contributed by atoms with Crippen molar-refractivity contribution in [2.75, 3.05) is 35.2 Å². The maximum Gasteiger partial charge on any atom is 0.338 e. The molecule has 0 radical (unpaired) electrons. The minimum atomic E-state index is -1.32. The topological polar surface area (TPSA) is 110 Å². The summed E-state index contributed by atoms with van der Waals surface area (Å²) in [6, 6.07) is 8.13. The van der Waals surface area contributed by atoms with Gasteiger partial charge in [0.15, 0.2) is 23.0 Å². The first-order valence-corrected chi connectivity index (χ1v) is 9.36. The van der Waals surface area contributed by atoms with E-state index >= 15 is 0 Å². The Morgan fingerprint density at radius 2 is 1.47 bits per heavy atom. The molecule has 0 amide bonds. The molecular weight excluding hydrogens is 420 g/mol. The third-order valence-corrected chi connectivity index (χ3v) is 4.63. The molecule has 32 heavy (non-hydrogen) atoms. The van der Waals surface area contributed by atoms with E-state index in [2.05, 4.69) is 0 Å². The zero-order chi connectivity index (χ0) is 23.3. The monoisotopic (exact) mass is 442 g/mol. The molecule has 0 saturated carbocycles. The van der Waals surface area contributed by atoms with Gasteiger partial charge in [-0.1, -0.05) is 6.07 Å². The lowest BCUT2D eigenvalue weighted by atomic mass is 9.99. The number of fused-ring (bicyclic) bond motifs is 1. The number of aliphatic carboxylic acids is 1. The number of esters is 1. The highest BCUT2D eigenvalue weighted by molar-refractivity contribution is 6.12. The predicted octanol–water partition coefficient (Wildman–Crippen LogP) is 3.17. The molecule has 1 aliphatic rings. The quantitative estimate of drug-likeness (QED) is 0.374. The van der Waals surface area contributed by atoms with E-state index < -0.39 is 11.9 Å². The second-order valence-electron chi connectivity index (χ2n) is 6.48. The van der Waals surface area contributed by atoms with Crippen LogP contribution in [0.4, 0.5) is 0 Å². The summed E-state index contributed by atoms with van der Waals surface area (Å²) in [5, 5.41) is 9.89. The molecule has 0 bridgehead atoms. The fourth-order valence-electron chi connectivity index (χ4n) is 3.13. The highest BCUT2D eigenvalue weighted by atomic mass is 16.7. The number of methoxy groups -OCH3 is 4. The molecule has 0 aliphatic carbocycles. The van der Waals surface area contributed by atoms with Gasteiger partial charge in [-0.2, -0.15) is 0 Å². The Morgan fingerprint density at radius 3 is 2.03 bits per heavy atom. The van der Waals surface area contributed by atoms with Crippen LogP contribution in [0.3, 0.4) is 0 Å². The second kappa shape index (κ2) is 9.78. The van der Waals surface area contributed by atoms with Crippen molar-refractivity contribution in [3.63, 3.8) is 0 Å². The van der Waals surface area contributed by atoms with E-state index in [0.29, 0.717) is 39.9 Å². The van der Waals surface area contributed by atoms with Crippen molar-refractivity contribution in [2.24, 2.45) is 0 Å². The van der Waals surface area contributed by atoms with Gasteiger partial charge in [-0.25, -0.2) is 9.59 Å². The van der Waals surface area contributed by atoms with Gasteiger partial charge in [-0.3, -0.25) is 0 Å². The number of rotatable bonds is 8. The van der Waals surface area contributed by atoms with Gasteiger partial charge in [0.2, 0.25) is 12.5 Å². The molecule has 1 aliphatic heterocycles. The van der Waals surface area contributed by atoms with Crippen LogP contribution >= 0.6 is 0 Å². The third kappa shape index (κ3) is 4.61. The molecule has 3 rings (SSSR count). The third-order valence-electron chi connectivity index (χ3n) is 4.63. The largest absolute Gasteiger partial charge is 0.493 e. The molecule has 1 N–H and O–H groups in total. The number of benzene rings is 2. The molecule has 2 aromatic carbocycles. The van der Waals surface area contributed by atoms with Gasteiger partial charge in [0, 0.05) is 0 Å². The Balaban J connectivity index is 2.14. The van der Waals surface area contributed by atoms with Crippen LogP contribution in [0.5, 0.6) is 28.7 Å². The van der Waals surface area contributed by atoms with Crippen molar-refractivity contribution in [3.8, 4) is 28.7 Å². The lowest BCUT2D eigenvalue weighted by Gasteiger charge is -2.13. The molecule has 2 aromatic rings. The first kappa shape index (κ1) is 22.5.